The Balaban J connectivity index is 3.09. The number of nitrogens with zero attached hydrogens (tertiary/aromatic N) is 2. The zero-order chi connectivity index (χ0) is 14.4. The molecule has 6 nitrogen and oxygen atoms in total. The van der Waals surface area contributed by atoms with Crippen molar-refractivity contribution >= 4 is 23.5 Å². The predicted octanol–water partition coefficient (Wildman–Crippen LogP) is 1.55. The van der Waals surface area contributed by atoms with Gasteiger partial charge in [-0.05, 0) is 18.1 Å². The number of alkyl halides is 1. The third-order valence-corrected chi connectivity index (χ3v) is 2.72. The summed E-state index contributed by atoms with van der Waals surface area (Å²) in [5.41, 5.74) is 0.0430. The van der Waals surface area contributed by atoms with Gasteiger partial charge in [-0.2, -0.15) is 5.26 Å². The Labute approximate surface area is 115 Å². The first-order chi connectivity index (χ1) is 9.03. The molecule has 1 heterocycles. The maximum absolute atomic E-state index is 11.9. The Morgan fingerprint density at radius 1 is 1.63 bits per heavy atom. The van der Waals surface area contributed by atoms with E-state index in [0.717, 1.165) is 0 Å². The lowest BCUT2D eigenvalue weighted by molar-refractivity contribution is 0.0689. The number of carboxylic acids is 1. The van der Waals surface area contributed by atoms with Crippen LogP contribution in [0, 0.1) is 11.3 Å². The number of pyridine rings is 1. The van der Waals surface area contributed by atoms with Crippen LogP contribution in [0.4, 0.5) is 0 Å². The van der Waals surface area contributed by atoms with Gasteiger partial charge in [0, 0.05) is 12.1 Å². The fourth-order valence-electron chi connectivity index (χ4n) is 1.38. The smallest absolute Gasteiger partial charge is 0.338 e. The number of rotatable bonds is 5. The summed E-state index contributed by atoms with van der Waals surface area (Å²) in [5, 5.41) is 20.2. The quantitative estimate of drug-likeness (QED) is 0.797. The molecule has 0 aliphatic rings. The Morgan fingerprint density at radius 2 is 2.32 bits per heavy atom. The number of aromatic nitrogens is 1. The predicted molar refractivity (Wildman–Crippen MR) is 67.9 cm³/mol. The first kappa shape index (κ1) is 14.9. The molecule has 1 rings (SSSR count). The number of nitrogens with one attached hydrogen (secondary N) is 1. The largest absolute Gasteiger partial charge is 0.478 e. The average molecular weight is 282 g/mol. The van der Waals surface area contributed by atoms with Gasteiger partial charge < -0.3 is 10.4 Å². The number of hydrogen-bond acceptors (Lipinski definition) is 4. The van der Waals surface area contributed by atoms with Crippen LogP contribution in [0.1, 0.15) is 39.8 Å². The molecule has 100 valence electrons. The summed E-state index contributed by atoms with van der Waals surface area (Å²) in [7, 11) is 0. The Morgan fingerprint density at radius 3 is 2.79 bits per heavy atom. The van der Waals surface area contributed by atoms with Crippen molar-refractivity contribution in [2.45, 2.75) is 25.3 Å². The zero-order valence-electron chi connectivity index (χ0n) is 10.2. The van der Waals surface area contributed by atoms with Crippen molar-refractivity contribution in [3.8, 4) is 6.07 Å². The molecule has 19 heavy (non-hydrogen) atoms. The van der Waals surface area contributed by atoms with Gasteiger partial charge in [-0.15, -0.1) is 11.6 Å². The second-order valence-electron chi connectivity index (χ2n) is 3.74. The fraction of sp³-hybridized carbons (Fsp3) is 0.333. The van der Waals surface area contributed by atoms with Crippen LogP contribution in [0.15, 0.2) is 12.3 Å². The molecule has 0 spiro atoms. The van der Waals surface area contributed by atoms with Gasteiger partial charge in [0.2, 0.25) is 0 Å². The van der Waals surface area contributed by atoms with Crippen molar-refractivity contribution < 1.29 is 14.7 Å². The first-order valence-electron chi connectivity index (χ1n) is 5.52. The molecule has 0 bridgehead atoms. The molecule has 2 N–H and O–H groups in total. The molecule has 1 amide bonds. The van der Waals surface area contributed by atoms with E-state index in [4.69, 9.17) is 22.0 Å². The molecule has 7 heteroatoms. The molecule has 0 saturated heterocycles. The van der Waals surface area contributed by atoms with Gasteiger partial charge >= 0.3 is 5.97 Å². The lowest BCUT2D eigenvalue weighted by Crippen LogP contribution is -2.34. The number of carboxylic acid groups (broad SMARTS) is 1. The van der Waals surface area contributed by atoms with Crippen LogP contribution in [0.5, 0.6) is 0 Å². The van der Waals surface area contributed by atoms with Crippen molar-refractivity contribution in [3.05, 3.63) is 29.1 Å². The minimum atomic E-state index is -1.27. The van der Waals surface area contributed by atoms with Crippen LogP contribution < -0.4 is 5.32 Å². The van der Waals surface area contributed by atoms with E-state index in [1.165, 1.54) is 12.3 Å². The lowest BCUT2D eigenvalue weighted by Gasteiger charge is -2.10. The van der Waals surface area contributed by atoms with Crippen LogP contribution in [0.25, 0.3) is 0 Å². The van der Waals surface area contributed by atoms with Gasteiger partial charge in [0.25, 0.3) is 5.91 Å². The summed E-state index contributed by atoms with van der Waals surface area (Å²) >= 11 is 5.59. The van der Waals surface area contributed by atoms with Gasteiger partial charge in [-0.25, -0.2) is 9.78 Å². The summed E-state index contributed by atoms with van der Waals surface area (Å²) < 4.78 is 0. The van der Waals surface area contributed by atoms with E-state index < -0.39 is 17.9 Å². The second-order valence-corrected chi connectivity index (χ2v) is 4.01. The number of halogens is 1. The number of carbonyl (C=O) groups is 2. The molecule has 0 radical (unpaired) electrons. The monoisotopic (exact) mass is 281 g/mol. The van der Waals surface area contributed by atoms with Crippen LogP contribution in [-0.4, -0.2) is 28.0 Å². The summed E-state index contributed by atoms with van der Waals surface area (Å²) in [5.74, 6) is -1.85. The molecule has 0 fully saturated rings. The van der Waals surface area contributed by atoms with Gasteiger partial charge in [-0.1, -0.05) is 6.92 Å². The maximum atomic E-state index is 11.9. The Kier molecular flexibility index (Phi) is 5.27. The van der Waals surface area contributed by atoms with Gasteiger partial charge in [0.05, 0.1) is 11.6 Å². The summed E-state index contributed by atoms with van der Waals surface area (Å²) in [6, 6.07) is 2.51. The summed E-state index contributed by atoms with van der Waals surface area (Å²) in [6.45, 7) is 1.73. The Hall–Kier alpha value is -2.13. The fourth-order valence-corrected chi connectivity index (χ4v) is 1.52. The molecule has 0 aromatic carbocycles. The van der Waals surface area contributed by atoms with E-state index in [1.54, 1.807) is 6.92 Å². The molecule has 1 unspecified atom stereocenters. The number of hydrogen-bond donors (Lipinski definition) is 2. The number of amides is 1. The molecule has 1 atom stereocenters. The molecule has 1 aromatic heterocycles. The number of nitriles is 1. The van der Waals surface area contributed by atoms with Crippen molar-refractivity contribution in [1.29, 1.82) is 5.26 Å². The highest BCUT2D eigenvalue weighted by Crippen LogP contribution is 2.11. The molecule has 1 aromatic rings. The first-order valence-corrected chi connectivity index (χ1v) is 6.05. The van der Waals surface area contributed by atoms with E-state index in [9.17, 15) is 9.59 Å². The SMILES string of the molecule is CCC(C#N)NC(=O)c1ncc(CCl)cc1C(=O)O. The van der Waals surface area contributed by atoms with Gasteiger partial charge in [-0.3, -0.25) is 4.79 Å². The average Bonchev–Trinajstić information content (AvgIpc) is 2.43. The minimum absolute atomic E-state index is 0.102. The molecular weight excluding hydrogens is 270 g/mol. The van der Waals surface area contributed by atoms with Crippen LogP contribution in [0.2, 0.25) is 0 Å². The van der Waals surface area contributed by atoms with Crippen molar-refractivity contribution in [2.75, 3.05) is 0 Å². The van der Waals surface area contributed by atoms with E-state index >= 15 is 0 Å². The van der Waals surface area contributed by atoms with E-state index in [1.807, 2.05) is 6.07 Å². The molecule has 0 saturated carbocycles. The summed E-state index contributed by atoms with van der Waals surface area (Å²) in [6.07, 6.45) is 1.76. The van der Waals surface area contributed by atoms with Crippen molar-refractivity contribution in [3.63, 3.8) is 0 Å². The molecule has 0 aliphatic carbocycles. The minimum Gasteiger partial charge on any atom is -0.478 e. The highest BCUT2D eigenvalue weighted by Gasteiger charge is 2.20. The normalized spacial score (nSPS) is 11.4. The van der Waals surface area contributed by atoms with E-state index in [-0.39, 0.29) is 17.1 Å². The third kappa shape index (κ3) is 3.66. The van der Waals surface area contributed by atoms with Gasteiger partial charge in [0.1, 0.15) is 11.7 Å². The van der Waals surface area contributed by atoms with Gasteiger partial charge in [0.15, 0.2) is 0 Å². The van der Waals surface area contributed by atoms with Crippen LogP contribution >= 0.6 is 11.6 Å². The van der Waals surface area contributed by atoms with E-state index in [0.29, 0.717) is 12.0 Å². The molecule has 0 aliphatic heterocycles. The summed E-state index contributed by atoms with van der Waals surface area (Å²) in [4.78, 5) is 26.8. The van der Waals surface area contributed by atoms with Crippen LogP contribution in [-0.2, 0) is 5.88 Å². The highest BCUT2D eigenvalue weighted by atomic mass is 35.5. The molecular formula is C12H12ClN3O3. The number of aromatic carboxylic acids is 1. The second kappa shape index (κ2) is 6.71. The van der Waals surface area contributed by atoms with Crippen molar-refractivity contribution in [1.82, 2.24) is 10.3 Å². The standard InChI is InChI=1S/C12H12ClN3O3/c1-2-8(5-14)16-11(17)10-9(12(18)19)3-7(4-13)6-15-10/h3,6,8H,2,4H2,1H3,(H,16,17)(H,18,19). The van der Waals surface area contributed by atoms with Crippen molar-refractivity contribution in [2.24, 2.45) is 0 Å². The topological polar surface area (TPSA) is 103 Å². The Bertz CT molecular complexity index is 540. The van der Waals surface area contributed by atoms with E-state index in [2.05, 4.69) is 10.3 Å². The lowest BCUT2D eigenvalue weighted by atomic mass is 10.1. The number of carbonyl (C=O) groups excluding carboxylic acids is 1. The maximum Gasteiger partial charge on any atom is 0.338 e. The highest BCUT2D eigenvalue weighted by molar-refractivity contribution is 6.17. The third-order valence-electron chi connectivity index (χ3n) is 2.41. The zero-order valence-corrected chi connectivity index (χ0v) is 10.9. The van der Waals surface area contributed by atoms with Crippen LogP contribution in [0.3, 0.4) is 0 Å².